The van der Waals surface area contributed by atoms with Crippen molar-refractivity contribution < 1.29 is 9.21 Å². The van der Waals surface area contributed by atoms with Gasteiger partial charge in [0.05, 0.1) is 11.7 Å². The number of benzene rings is 1. The molecule has 0 saturated heterocycles. The van der Waals surface area contributed by atoms with Crippen molar-refractivity contribution in [3.05, 3.63) is 53.0 Å². The van der Waals surface area contributed by atoms with Crippen LogP contribution in [0.2, 0.25) is 0 Å². The van der Waals surface area contributed by atoms with E-state index >= 15 is 0 Å². The third-order valence-corrected chi connectivity index (χ3v) is 5.08. The van der Waals surface area contributed by atoms with Crippen molar-refractivity contribution in [1.29, 1.82) is 0 Å². The molecule has 0 saturated carbocycles. The number of hydrogen-bond donors (Lipinski definition) is 0. The van der Waals surface area contributed by atoms with E-state index in [2.05, 4.69) is 5.10 Å². The molecule has 25 heavy (non-hydrogen) atoms. The third kappa shape index (κ3) is 3.31. The molecule has 132 valence electrons. The number of rotatable bonds is 5. The molecule has 0 N–H and O–H groups in total. The van der Waals surface area contributed by atoms with Crippen molar-refractivity contribution in [1.82, 2.24) is 14.7 Å². The van der Waals surface area contributed by atoms with Gasteiger partial charge in [0, 0.05) is 31.6 Å². The lowest BCUT2D eigenvalue weighted by Gasteiger charge is -2.23. The van der Waals surface area contributed by atoms with Crippen molar-refractivity contribution in [2.24, 2.45) is 7.05 Å². The predicted molar refractivity (Wildman–Crippen MR) is 98.4 cm³/mol. The van der Waals surface area contributed by atoms with Gasteiger partial charge in [-0.05, 0) is 44.9 Å². The SMILES string of the molecule is Cc1nn(C)c(C)c1CCC(=O)N(C)C(C)c1cc2ccccc2o1. The van der Waals surface area contributed by atoms with Crippen LogP contribution in [0.5, 0.6) is 0 Å². The Morgan fingerprint density at radius 3 is 2.68 bits per heavy atom. The molecule has 2 aromatic heterocycles. The number of aromatic nitrogens is 2. The average molecular weight is 339 g/mol. The summed E-state index contributed by atoms with van der Waals surface area (Å²) in [5.74, 6) is 0.918. The highest BCUT2D eigenvalue weighted by molar-refractivity contribution is 5.79. The summed E-state index contributed by atoms with van der Waals surface area (Å²) >= 11 is 0. The zero-order valence-electron chi connectivity index (χ0n) is 15.5. The maximum absolute atomic E-state index is 12.6. The largest absolute Gasteiger partial charge is 0.459 e. The van der Waals surface area contributed by atoms with Gasteiger partial charge in [-0.2, -0.15) is 5.10 Å². The standard InChI is InChI=1S/C20H25N3O2/c1-13-17(14(2)23(5)21-13)10-11-20(24)22(4)15(3)19-12-16-8-6-7-9-18(16)25-19/h6-9,12,15H,10-11H2,1-5H3. The smallest absolute Gasteiger partial charge is 0.223 e. The second-order valence-electron chi connectivity index (χ2n) is 6.64. The van der Waals surface area contributed by atoms with Gasteiger partial charge < -0.3 is 9.32 Å². The quantitative estimate of drug-likeness (QED) is 0.707. The minimum absolute atomic E-state index is 0.101. The molecular weight excluding hydrogens is 314 g/mol. The van der Waals surface area contributed by atoms with Crippen LogP contribution in [0.3, 0.4) is 0 Å². The van der Waals surface area contributed by atoms with E-state index in [0.717, 1.165) is 28.1 Å². The molecule has 1 aromatic carbocycles. The molecule has 1 amide bonds. The Bertz CT molecular complexity index is 874. The summed E-state index contributed by atoms with van der Waals surface area (Å²) in [6.45, 7) is 6.03. The summed E-state index contributed by atoms with van der Waals surface area (Å²) in [5.41, 5.74) is 4.14. The van der Waals surface area contributed by atoms with Crippen LogP contribution in [0.4, 0.5) is 0 Å². The first-order chi connectivity index (χ1) is 11.9. The van der Waals surface area contributed by atoms with E-state index in [-0.39, 0.29) is 11.9 Å². The zero-order valence-corrected chi connectivity index (χ0v) is 15.5. The number of nitrogens with zero attached hydrogens (tertiary/aromatic N) is 3. The van der Waals surface area contributed by atoms with Crippen LogP contribution in [-0.2, 0) is 18.3 Å². The van der Waals surface area contributed by atoms with Gasteiger partial charge in [-0.1, -0.05) is 18.2 Å². The molecule has 5 heteroatoms. The number of furan rings is 1. The molecule has 3 aromatic rings. The van der Waals surface area contributed by atoms with Gasteiger partial charge in [0.2, 0.25) is 5.91 Å². The van der Waals surface area contributed by atoms with Gasteiger partial charge in [-0.25, -0.2) is 0 Å². The van der Waals surface area contributed by atoms with Gasteiger partial charge in [0.25, 0.3) is 0 Å². The molecular formula is C20H25N3O2. The van der Waals surface area contributed by atoms with Crippen LogP contribution in [0.15, 0.2) is 34.7 Å². The predicted octanol–water partition coefficient (Wildman–Crippen LogP) is 3.94. The Morgan fingerprint density at radius 2 is 2.04 bits per heavy atom. The number of amides is 1. The Hall–Kier alpha value is -2.56. The van der Waals surface area contributed by atoms with E-state index in [0.29, 0.717) is 12.8 Å². The highest BCUT2D eigenvalue weighted by atomic mass is 16.3. The number of carbonyl (C=O) groups excluding carboxylic acids is 1. The second kappa shape index (κ2) is 6.75. The van der Waals surface area contributed by atoms with Gasteiger partial charge in [-0.15, -0.1) is 0 Å². The van der Waals surface area contributed by atoms with Crippen LogP contribution in [0.25, 0.3) is 11.0 Å². The van der Waals surface area contributed by atoms with E-state index in [4.69, 9.17) is 4.42 Å². The van der Waals surface area contributed by atoms with Gasteiger partial charge in [0.1, 0.15) is 11.3 Å². The zero-order chi connectivity index (χ0) is 18.1. The van der Waals surface area contributed by atoms with E-state index in [1.54, 1.807) is 4.90 Å². The third-order valence-electron chi connectivity index (χ3n) is 5.08. The molecule has 0 bridgehead atoms. The van der Waals surface area contributed by atoms with Crippen LogP contribution >= 0.6 is 0 Å². The lowest BCUT2D eigenvalue weighted by molar-refractivity contribution is -0.132. The van der Waals surface area contributed by atoms with E-state index in [1.165, 1.54) is 5.56 Å². The summed E-state index contributed by atoms with van der Waals surface area (Å²) in [7, 11) is 3.77. The Balaban J connectivity index is 1.69. The molecule has 0 aliphatic heterocycles. The molecule has 1 unspecified atom stereocenters. The molecule has 0 aliphatic carbocycles. The normalized spacial score (nSPS) is 12.5. The van der Waals surface area contributed by atoms with Crippen LogP contribution in [0.1, 0.15) is 42.1 Å². The highest BCUT2D eigenvalue weighted by Gasteiger charge is 2.21. The molecule has 1 atom stereocenters. The number of carbonyl (C=O) groups is 1. The summed E-state index contributed by atoms with van der Waals surface area (Å²) in [4.78, 5) is 14.4. The maximum atomic E-state index is 12.6. The van der Waals surface area contributed by atoms with E-state index < -0.39 is 0 Å². The van der Waals surface area contributed by atoms with Gasteiger partial charge in [-0.3, -0.25) is 9.48 Å². The second-order valence-corrected chi connectivity index (χ2v) is 6.64. The van der Waals surface area contributed by atoms with Crippen molar-refractivity contribution in [2.45, 2.75) is 39.7 Å². The van der Waals surface area contributed by atoms with Crippen molar-refractivity contribution in [3.63, 3.8) is 0 Å². The monoisotopic (exact) mass is 339 g/mol. The first-order valence-electron chi connectivity index (χ1n) is 8.61. The molecule has 0 spiro atoms. The number of fused-ring (bicyclic) bond motifs is 1. The Morgan fingerprint density at radius 1 is 1.32 bits per heavy atom. The minimum Gasteiger partial charge on any atom is -0.459 e. The number of hydrogen-bond acceptors (Lipinski definition) is 3. The van der Waals surface area contributed by atoms with Crippen molar-refractivity contribution >= 4 is 16.9 Å². The summed E-state index contributed by atoms with van der Waals surface area (Å²) in [6, 6.07) is 9.81. The molecule has 0 fully saturated rings. The van der Waals surface area contributed by atoms with Crippen LogP contribution in [0, 0.1) is 13.8 Å². The topological polar surface area (TPSA) is 51.3 Å². The number of para-hydroxylation sites is 1. The van der Waals surface area contributed by atoms with Crippen molar-refractivity contribution in [2.75, 3.05) is 7.05 Å². The summed E-state index contributed by atoms with van der Waals surface area (Å²) in [5, 5.41) is 5.48. The molecule has 0 radical (unpaired) electrons. The molecule has 3 rings (SSSR count). The van der Waals surface area contributed by atoms with E-state index in [1.807, 2.05) is 69.9 Å². The highest BCUT2D eigenvalue weighted by Crippen LogP contribution is 2.27. The first kappa shape index (κ1) is 17.3. The first-order valence-corrected chi connectivity index (χ1v) is 8.61. The van der Waals surface area contributed by atoms with Crippen LogP contribution < -0.4 is 0 Å². The lowest BCUT2D eigenvalue weighted by atomic mass is 10.1. The van der Waals surface area contributed by atoms with Crippen LogP contribution in [-0.4, -0.2) is 27.6 Å². The van der Waals surface area contributed by atoms with E-state index in [9.17, 15) is 4.79 Å². The average Bonchev–Trinajstić information content (AvgIpc) is 3.13. The van der Waals surface area contributed by atoms with Gasteiger partial charge >= 0.3 is 0 Å². The maximum Gasteiger partial charge on any atom is 0.223 e. The fourth-order valence-corrected chi connectivity index (χ4v) is 3.20. The molecule has 0 aliphatic rings. The Kier molecular flexibility index (Phi) is 4.66. The molecule has 5 nitrogen and oxygen atoms in total. The van der Waals surface area contributed by atoms with Gasteiger partial charge in [0.15, 0.2) is 0 Å². The lowest BCUT2D eigenvalue weighted by Crippen LogP contribution is -2.29. The minimum atomic E-state index is -0.101. The Labute approximate surface area is 148 Å². The number of aryl methyl sites for hydroxylation is 2. The fourth-order valence-electron chi connectivity index (χ4n) is 3.20. The van der Waals surface area contributed by atoms with Crippen molar-refractivity contribution in [3.8, 4) is 0 Å². The molecule has 2 heterocycles. The summed E-state index contributed by atoms with van der Waals surface area (Å²) in [6.07, 6.45) is 1.18. The summed E-state index contributed by atoms with van der Waals surface area (Å²) < 4.78 is 7.77. The fraction of sp³-hybridized carbons (Fsp3) is 0.400.